The number of hydrogen-bond acceptors (Lipinski definition) is 2. The SMILES string of the molecule is NCCC1CCCCN1C(=O)c1cccc2cc[nH]c12. The van der Waals surface area contributed by atoms with Crippen molar-refractivity contribution in [3.8, 4) is 0 Å². The zero-order chi connectivity index (χ0) is 13.9. The summed E-state index contributed by atoms with van der Waals surface area (Å²) < 4.78 is 0. The van der Waals surface area contributed by atoms with Crippen LogP contribution in [-0.2, 0) is 0 Å². The Morgan fingerprint density at radius 1 is 1.35 bits per heavy atom. The second-order valence-corrected chi connectivity index (χ2v) is 5.47. The number of nitrogens with zero attached hydrogens (tertiary/aromatic N) is 1. The number of H-pyrrole nitrogens is 1. The van der Waals surface area contributed by atoms with Crippen LogP contribution in [0.2, 0.25) is 0 Å². The number of likely N-dealkylation sites (tertiary alicyclic amines) is 1. The number of rotatable bonds is 3. The van der Waals surface area contributed by atoms with Crippen molar-refractivity contribution >= 4 is 16.8 Å². The predicted octanol–water partition coefficient (Wildman–Crippen LogP) is 2.51. The Labute approximate surface area is 118 Å². The Hall–Kier alpha value is -1.81. The topological polar surface area (TPSA) is 62.1 Å². The number of hydrogen-bond donors (Lipinski definition) is 2. The second-order valence-electron chi connectivity index (χ2n) is 5.47. The summed E-state index contributed by atoms with van der Waals surface area (Å²) in [6, 6.07) is 8.18. The summed E-state index contributed by atoms with van der Waals surface area (Å²) in [7, 11) is 0. The molecule has 3 N–H and O–H groups in total. The minimum absolute atomic E-state index is 0.135. The first-order chi connectivity index (χ1) is 9.81. The summed E-state index contributed by atoms with van der Waals surface area (Å²) in [5.41, 5.74) is 7.40. The highest BCUT2D eigenvalue weighted by Gasteiger charge is 2.27. The Bertz CT molecular complexity index is 603. The van der Waals surface area contributed by atoms with Gasteiger partial charge in [-0.15, -0.1) is 0 Å². The van der Waals surface area contributed by atoms with Crippen LogP contribution in [0.1, 0.15) is 36.0 Å². The third kappa shape index (κ3) is 2.31. The third-order valence-corrected chi connectivity index (χ3v) is 4.21. The maximum absolute atomic E-state index is 12.9. The summed E-state index contributed by atoms with van der Waals surface area (Å²) in [6.07, 6.45) is 6.14. The van der Waals surface area contributed by atoms with E-state index in [1.165, 1.54) is 6.42 Å². The first kappa shape index (κ1) is 13.2. The number of nitrogens with two attached hydrogens (primary N) is 1. The molecule has 0 spiro atoms. The maximum Gasteiger partial charge on any atom is 0.256 e. The van der Waals surface area contributed by atoms with Crippen LogP contribution in [0, 0.1) is 0 Å². The molecule has 1 amide bonds. The van der Waals surface area contributed by atoms with Crippen molar-refractivity contribution in [1.29, 1.82) is 0 Å². The number of benzene rings is 1. The normalized spacial score (nSPS) is 19.4. The number of fused-ring (bicyclic) bond motifs is 1. The number of carbonyl (C=O) groups excluding carboxylic acids is 1. The van der Waals surface area contributed by atoms with Gasteiger partial charge >= 0.3 is 0 Å². The minimum atomic E-state index is 0.135. The predicted molar refractivity (Wildman–Crippen MR) is 80.6 cm³/mol. The van der Waals surface area contributed by atoms with Gasteiger partial charge in [0, 0.05) is 24.2 Å². The molecule has 1 aromatic carbocycles. The average Bonchev–Trinajstić information content (AvgIpc) is 2.96. The number of aromatic nitrogens is 1. The largest absolute Gasteiger partial charge is 0.361 e. The lowest BCUT2D eigenvalue weighted by molar-refractivity contribution is 0.0607. The number of amides is 1. The highest BCUT2D eigenvalue weighted by atomic mass is 16.2. The van der Waals surface area contributed by atoms with Crippen LogP contribution in [0.3, 0.4) is 0 Å². The van der Waals surface area contributed by atoms with Crippen LogP contribution in [-0.4, -0.2) is 34.9 Å². The van der Waals surface area contributed by atoms with Gasteiger partial charge in [-0.2, -0.15) is 0 Å². The monoisotopic (exact) mass is 271 g/mol. The van der Waals surface area contributed by atoms with Gasteiger partial charge in [-0.05, 0) is 44.4 Å². The molecule has 1 fully saturated rings. The maximum atomic E-state index is 12.9. The summed E-state index contributed by atoms with van der Waals surface area (Å²) in [5, 5.41) is 1.09. The highest BCUT2D eigenvalue weighted by Crippen LogP contribution is 2.24. The molecule has 106 valence electrons. The van der Waals surface area contributed by atoms with E-state index in [1.54, 1.807) is 0 Å². The number of aromatic amines is 1. The van der Waals surface area contributed by atoms with Crippen LogP contribution in [0.15, 0.2) is 30.5 Å². The molecule has 0 radical (unpaired) electrons. The molecule has 20 heavy (non-hydrogen) atoms. The molecule has 0 bridgehead atoms. The molecule has 1 aliphatic heterocycles. The molecule has 4 nitrogen and oxygen atoms in total. The summed E-state index contributed by atoms with van der Waals surface area (Å²) in [4.78, 5) is 18.1. The molecular weight excluding hydrogens is 250 g/mol. The van der Waals surface area contributed by atoms with Gasteiger partial charge in [0.15, 0.2) is 0 Å². The van der Waals surface area contributed by atoms with Gasteiger partial charge in [-0.25, -0.2) is 0 Å². The summed E-state index contributed by atoms with van der Waals surface area (Å²) >= 11 is 0. The van der Waals surface area contributed by atoms with E-state index >= 15 is 0 Å². The first-order valence-corrected chi connectivity index (χ1v) is 7.38. The smallest absolute Gasteiger partial charge is 0.256 e. The van der Waals surface area contributed by atoms with Crippen LogP contribution in [0.25, 0.3) is 10.9 Å². The van der Waals surface area contributed by atoms with E-state index in [-0.39, 0.29) is 5.91 Å². The molecule has 0 saturated carbocycles. The third-order valence-electron chi connectivity index (χ3n) is 4.21. The lowest BCUT2D eigenvalue weighted by Crippen LogP contribution is -2.44. The zero-order valence-electron chi connectivity index (χ0n) is 11.6. The van der Waals surface area contributed by atoms with Crippen LogP contribution in [0.5, 0.6) is 0 Å². The zero-order valence-corrected chi connectivity index (χ0v) is 11.6. The van der Waals surface area contributed by atoms with Crippen molar-refractivity contribution < 1.29 is 4.79 Å². The molecule has 1 atom stereocenters. The summed E-state index contributed by atoms with van der Waals surface area (Å²) in [6.45, 7) is 1.49. The lowest BCUT2D eigenvalue weighted by Gasteiger charge is -2.35. The van der Waals surface area contributed by atoms with Crippen molar-refractivity contribution in [2.45, 2.75) is 31.7 Å². The van der Waals surface area contributed by atoms with Crippen molar-refractivity contribution in [3.63, 3.8) is 0 Å². The number of piperidine rings is 1. The van der Waals surface area contributed by atoms with Gasteiger partial charge in [0.2, 0.25) is 0 Å². The number of para-hydroxylation sites is 1. The first-order valence-electron chi connectivity index (χ1n) is 7.38. The van der Waals surface area contributed by atoms with E-state index in [1.807, 2.05) is 35.4 Å². The average molecular weight is 271 g/mol. The van der Waals surface area contributed by atoms with Crippen molar-refractivity contribution in [2.24, 2.45) is 5.73 Å². The van der Waals surface area contributed by atoms with E-state index in [4.69, 9.17) is 5.73 Å². The molecule has 1 aliphatic rings. The lowest BCUT2D eigenvalue weighted by atomic mass is 9.98. The van der Waals surface area contributed by atoms with E-state index in [9.17, 15) is 4.79 Å². The van der Waals surface area contributed by atoms with Crippen molar-refractivity contribution in [2.75, 3.05) is 13.1 Å². The van der Waals surface area contributed by atoms with E-state index in [2.05, 4.69) is 4.98 Å². The Morgan fingerprint density at radius 2 is 2.25 bits per heavy atom. The molecule has 2 heterocycles. The molecule has 1 aromatic heterocycles. The van der Waals surface area contributed by atoms with E-state index in [0.717, 1.165) is 42.3 Å². The van der Waals surface area contributed by atoms with Crippen LogP contribution in [0.4, 0.5) is 0 Å². The fourth-order valence-electron chi connectivity index (χ4n) is 3.18. The molecule has 2 aromatic rings. The molecule has 4 heteroatoms. The van der Waals surface area contributed by atoms with Gasteiger partial charge in [-0.3, -0.25) is 4.79 Å². The van der Waals surface area contributed by atoms with Crippen molar-refractivity contribution in [1.82, 2.24) is 9.88 Å². The number of nitrogens with one attached hydrogen (secondary N) is 1. The van der Waals surface area contributed by atoms with Crippen LogP contribution >= 0.6 is 0 Å². The molecule has 1 saturated heterocycles. The standard InChI is InChI=1S/C16H21N3O/c17-9-7-13-5-1-2-11-19(13)16(20)14-6-3-4-12-8-10-18-15(12)14/h3-4,6,8,10,13,18H,1-2,5,7,9,11,17H2. The Morgan fingerprint density at radius 3 is 3.10 bits per heavy atom. The molecule has 0 aliphatic carbocycles. The quantitative estimate of drug-likeness (QED) is 0.901. The van der Waals surface area contributed by atoms with E-state index < -0.39 is 0 Å². The van der Waals surface area contributed by atoms with Gasteiger partial charge in [0.05, 0.1) is 11.1 Å². The van der Waals surface area contributed by atoms with Gasteiger partial charge in [-0.1, -0.05) is 12.1 Å². The molecular formula is C16H21N3O. The van der Waals surface area contributed by atoms with E-state index in [0.29, 0.717) is 12.6 Å². The minimum Gasteiger partial charge on any atom is -0.361 e. The van der Waals surface area contributed by atoms with Gasteiger partial charge in [0.25, 0.3) is 5.91 Å². The Kier molecular flexibility index (Phi) is 3.74. The molecule has 1 unspecified atom stereocenters. The van der Waals surface area contributed by atoms with Crippen molar-refractivity contribution in [3.05, 3.63) is 36.0 Å². The van der Waals surface area contributed by atoms with Gasteiger partial charge in [0.1, 0.15) is 0 Å². The number of carbonyl (C=O) groups is 1. The van der Waals surface area contributed by atoms with Gasteiger partial charge < -0.3 is 15.6 Å². The highest BCUT2D eigenvalue weighted by molar-refractivity contribution is 6.05. The molecule has 3 rings (SSSR count). The summed E-state index contributed by atoms with van der Waals surface area (Å²) in [5.74, 6) is 0.135. The Balaban J connectivity index is 1.92. The fourth-order valence-corrected chi connectivity index (χ4v) is 3.18. The fraction of sp³-hybridized carbons (Fsp3) is 0.438. The second kappa shape index (κ2) is 5.67. The van der Waals surface area contributed by atoms with Crippen LogP contribution < -0.4 is 5.73 Å².